The van der Waals surface area contributed by atoms with Crippen molar-refractivity contribution in [3.05, 3.63) is 70.1 Å². The first-order valence-electron chi connectivity index (χ1n) is 8.54. The van der Waals surface area contributed by atoms with Crippen molar-refractivity contribution < 1.29 is 9.53 Å². The number of hydrogen-bond donors (Lipinski definition) is 1. The molecule has 1 amide bonds. The zero-order valence-electron chi connectivity index (χ0n) is 14.9. The fourth-order valence-corrected chi connectivity index (χ4v) is 2.98. The Balaban J connectivity index is 1.80. The molecule has 1 aromatic carbocycles. The standard InChI is InChI=1S/C20H21N3O3/c1-3-23-18-15(8-6-11-21-18)13-16(20(23)25)19(24)22-12-10-14-7-4-5-9-17(14)26-2/h4-9,11,13H,3,10,12H2,1-2H3,(H,22,24). The first-order chi connectivity index (χ1) is 12.7. The van der Waals surface area contributed by atoms with E-state index in [0.717, 1.165) is 16.7 Å². The molecule has 6 heteroatoms. The van der Waals surface area contributed by atoms with Gasteiger partial charge in [-0.2, -0.15) is 0 Å². The molecule has 0 fully saturated rings. The molecule has 0 atom stereocenters. The Kier molecular flexibility index (Phi) is 5.31. The highest BCUT2D eigenvalue weighted by Gasteiger charge is 2.15. The Morgan fingerprint density at radius 1 is 1.23 bits per heavy atom. The Morgan fingerprint density at radius 2 is 2.04 bits per heavy atom. The number of fused-ring (bicyclic) bond motifs is 1. The molecule has 26 heavy (non-hydrogen) atoms. The first kappa shape index (κ1) is 17.7. The van der Waals surface area contributed by atoms with Crippen molar-refractivity contribution in [2.24, 2.45) is 0 Å². The van der Waals surface area contributed by atoms with E-state index in [1.807, 2.05) is 37.3 Å². The van der Waals surface area contributed by atoms with Gasteiger partial charge in [0.15, 0.2) is 0 Å². The van der Waals surface area contributed by atoms with Crippen LogP contribution in [0.5, 0.6) is 5.75 Å². The zero-order valence-corrected chi connectivity index (χ0v) is 14.9. The summed E-state index contributed by atoms with van der Waals surface area (Å²) in [5.74, 6) is 0.407. The second kappa shape index (κ2) is 7.82. The lowest BCUT2D eigenvalue weighted by Crippen LogP contribution is -2.34. The Labute approximate surface area is 151 Å². The molecule has 0 aliphatic heterocycles. The molecule has 0 aliphatic rings. The summed E-state index contributed by atoms with van der Waals surface area (Å²) in [5.41, 5.74) is 1.40. The van der Waals surface area contributed by atoms with E-state index in [9.17, 15) is 9.59 Å². The van der Waals surface area contributed by atoms with Crippen LogP contribution in [0.25, 0.3) is 11.0 Å². The molecular formula is C20H21N3O3. The number of aromatic nitrogens is 2. The largest absolute Gasteiger partial charge is 0.496 e. The topological polar surface area (TPSA) is 73.2 Å². The van der Waals surface area contributed by atoms with Crippen molar-refractivity contribution in [3.8, 4) is 5.75 Å². The van der Waals surface area contributed by atoms with Crippen molar-refractivity contribution >= 4 is 16.9 Å². The summed E-state index contributed by atoms with van der Waals surface area (Å²) in [6.45, 7) is 2.73. The van der Waals surface area contributed by atoms with Crippen LogP contribution in [0.3, 0.4) is 0 Å². The summed E-state index contributed by atoms with van der Waals surface area (Å²) in [5, 5.41) is 3.59. The maximum Gasteiger partial charge on any atom is 0.265 e. The molecule has 0 saturated carbocycles. The summed E-state index contributed by atoms with van der Waals surface area (Å²) in [6.07, 6.45) is 2.26. The number of rotatable bonds is 6. The summed E-state index contributed by atoms with van der Waals surface area (Å²) in [7, 11) is 1.62. The highest BCUT2D eigenvalue weighted by atomic mass is 16.5. The summed E-state index contributed by atoms with van der Waals surface area (Å²) < 4.78 is 6.83. The fraction of sp³-hybridized carbons (Fsp3) is 0.250. The number of carbonyl (C=O) groups is 1. The van der Waals surface area contributed by atoms with Gasteiger partial charge >= 0.3 is 0 Å². The van der Waals surface area contributed by atoms with Crippen molar-refractivity contribution in [1.29, 1.82) is 0 Å². The van der Waals surface area contributed by atoms with Crippen molar-refractivity contribution in [3.63, 3.8) is 0 Å². The van der Waals surface area contributed by atoms with Crippen LogP contribution in [0.4, 0.5) is 0 Å². The lowest BCUT2D eigenvalue weighted by molar-refractivity contribution is 0.0952. The van der Waals surface area contributed by atoms with Gasteiger partial charge in [0, 0.05) is 24.7 Å². The third-order valence-corrected chi connectivity index (χ3v) is 4.28. The normalized spacial score (nSPS) is 10.7. The van der Waals surface area contributed by atoms with Gasteiger partial charge in [0.25, 0.3) is 11.5 Å². The van der Waals surface area contributed by atoms with E-state index in [4.69, 9.17) is 4.74 Å². The van der Waals surface area contributed by atoms with Gasteiger partial charge in [-0.3, -0.25) is 14.2 Å². The number of aryl methyl sites for hydroxylation is 1. The molecule has 0 aliphatic carbocycles. The molecule has 2 aromatic heterocycles. The number of nitrogens with one attached hydrogen (secondary N) is 1. The van der Waals surface area contributed by atoms with Gasteiger partial charge in [0.1, 0.15) is 17.0 Å². The minimum Gasteiger partial charge on any atom is -0.496 e. The maximum atomic E-state index is 12.6. The number of methoxy groups -OCH3 is 1. The van der Waals surface area contributed by atoms with Crippen LogP contribution in [0.15, 0.2) is 53.5 Å². The fourth-order valence-electron chi connectivity index (χ4n) is 2.98. The van der Waals surface area contributed by atoms with E-state index >= 15 is 0 Å². The molecule has 0 saturated heterocycles. The maximum absolute atomic E-state index is 12.6. The molecule has 2 heterocycles. The number of pyridine rings is 2. The SMILES string of the molecule is CCn1c(=O)c(C(=O)NCCc2ccccc2OC)cc2cccnc21. The van der Waals surface area contributed by atoms with Crippen molar-refractivity contribution in [2.45, 2.75) is 19.9 Å². The van der Waals surface area contributed by atoms with Crippen LogP contribution >= 0.6 is 0 Å². The molecule has 3 rings (SSSR count). The minimum atomic E-state index is -0.377. The number of carbonyl (C=O) groups excluding carboxylic acids is 1. The van der Waals surface area contributed by atoms with Crippen LogP contribution < -0.4 is 15.6 Å². The lowest BCUT2D eigenvalue weighted by Gasteiger charge is -2.11. The van der Waals surface area contributed by atoms with E-state index in [-0.39, 0.29) is 17.0 Å². The first-order valence-corrected chi connectivity index (χ1v) is 8.54. The zero-order chi connectivity index (χ0) is 18.5. The van der Waals surface area contributed by atoms with Crippen LogP contribution in [0, 0.1) is 0 Å². The average molecular weight is 351 g/mol. The van der Waals surface area contributed by atoms with E-state index in [2.05, 4.69) is 10.3 Å². The van der Waals surface area contributed by atoms with Crippen LogP contribution in [0.2, 0.25) is 0 Å². The summed E-state index contributed by atoms with van der Waals surface area (Å²) in [4.78, 5) is 29.4. The molecule has 1 N–H and O–H groups in total. The van der Waals surface area contributed by atoms with Crippen molar-refractivity contribution in [1.82, 2.24) is 14.9 Å². The quantitative estimate of drug-likeness (QED) is 0.740. The molecule has 0 unspecified atom stereocenters. The monoisotopic (exact) mass is 351 g/mol. The molecule has 6 nitrogen and oxygen atoms in total. The van der Waals surface area contributed by atoms with Gasteiger partial charge in [-0.25, -0.2) is 4.98 Å². The molecule has 0 spiro atoms. The third kappa shape index (κ3) is 3.44. The van der Waals surface area contributed by atoms with Gasteiger partial charge in [0.2, 0.25) is 0 Å². The van der Waals surface area contributed by atoms with Gasteiger partial charge in [-0.05, 0) is 43.2 Å². The van der Waals surface area contributed by atoms with E-state index in [1.54, 1.807) is 25.4 Å². The number of ether oxygens (including phenoxy) is 1. The number of amides is 1. The second-order valence-corrected chi connectivity index (χ2v) is 5.84. The predicted octanol–water partition coefficient (Wildman–Crippen LogP) is 2.40. The van der Waals surface area contributed by atoms with Crippen molar-refractivity contribution in [2.75, 3.05) is 13.7 Å². The minimum absolute atomic E-state index is 0.132. The van der Waals surface area contributed by atoms with Gasteiger partial charge in [-0.15, -0.1) is 0 Å². The number of benzene rings is 1. The molecule has 134 valence electrons. The molecule has 3 aromatic rings. The number of hydrogen-bond acceptors (Lipinski definition) is 4. The summed E-state index contributed by atoms with van der Waals surface area (Å²) in [6, 6.07) is 12.9. The Hall–Kier alpha value is -3.15. The smallest absolute Gasteiger partial charge is 0.265 e. The van der Waals surface area contributed by atoms with E-state index in [0.29, 0.717) is 25.2 Å². The number of para-hydroxylation sites is 1. The van der Waals surface area contributed by atoms with Gasteiger partial charge in [-0.1, -0.05) is 18.2 Å². The van der Waals surface area contributed by atoms with Gasteiger partial charge < -0.3 is 10.1 Å². The highest BCUT2D eigenvalue weighted by Crippen LogP contribution is 2.17. The van der Waals surface area contributed by atoms with Gasteiger partial charge in [0.05, 0.1) is 7.11 Å². The molecule has 0 radical (unpaired) electrons. The number of nitrogens with zero attached hydrogens (tertiary/aromatic N) is 2. The summed E-state index contributed by atoms with van der Waals surface area (Å²) >= 11 is 0. The predicted molar refractivity (Wildman–Crippen MR) is 101 cm³/mol. The van der Waals surface area contributed by atoms with Crippen LogP contribution in [-0.4, -0.2) is 29.1 Å². The highest BCUT2D eigenvalue weighted by molar-refractivity contribution is 5.96. The average Bonchev–Trinajstić information content (AvgIpc) is 2.67. The van der Waals surface area contributed by atoms with E-state index in [1.165, 1.54) is 4.57 Å². The lowest BCUT2D eigenvalue weighted by atomic mass is 10.1. The molecule has 0 bridgehead atoms. The van der Waals surface area contributed by atoms with E-state index < -0.39 is 0 Å². The van der Waals surface area contributed by atoms with Crippen LogP contribution in [0.1, 0.15) is 22.8 Å². The van der Waals surface area contributed by atoms with Crippen LogP contribution in [-0.2, 0) is 13.0 Å². The Bertz CT molecular complexity index is 995. The Morgan fingerprint density at radius 3 is 2.81 bits per heavy atom. The third-order valence-electron chi connectivity index (χ3n) is 4.28. The second-order valence-electron chi connectivity index (χ2n) is 5.84. The molecular weight excluding hydrogens is 330 g/mol.